The van der Waals surface area contributed by atoms with Crippen LogP contribution in [0.15, 0.2) is 29.2 Å². The van der Waals surface area contributed by atoms with Gasteiger partial charge in [-0.05, 0) is 37.1 Å². The van der Waals surface area contributed by atoms with Gasteiger partial charge < -0.3 is 9.64 Å². The molecule has 9 heteroatoms. The molecule has 1 aliphatic rings. The Labute approximate surface area is 133 Å². The van der Waals surface area contributed by atoms with Gasteiger partial charge >= 0.3 is 12.0 Å². The average molecular weight is 347 g/mol. The van der Waals surface area contributed by atoms with Crippen molar-refractivity contribution in [3.8, 4) is 0 Å². The first-order valence-corrected chi connectivity index (χ1v) is 8.38. The molecule has 0 unspecified atom stereocenters. The molecule has 1 aromatic rings. The summed E-state index contributed by atoms with van der Waals surface area (Å²) in [5.41, 5.74) is 0. The lowest BCUT2D eigenvalue weighted by molar-refractivity contribution is -0.144. The molecule has 0 radical (unpaired) electrons. The quantitative estimate of drug-likeness (QED) is 0.834. The van der Waals surface area contributed by atoms with E-state index in [4.69, 9.17) is 11.6 Å². The van der Waals surface area contributed by atoms with Gasteiger partial charge in [-0.2, -0.15) is 0 Å². The lowest BCUT2D eigenvalue weighted by Gasteiger charge is -2.22. The van der Waals surface area contributed by atoms with E-state index < -0.39 is 28.1 Å². The number of amides is 2. The van der Waals surface area contributed by atoms with Gasteiger partial charge in [0.1, 0.15) is 6.04 Å². The van der Waals surface area contributed by atoms with Crippen LogP contribution in [0.5, 0.6) is 0 Å². The Morgan fingerprint density at radius 1 is 1.32 bits per heavy atom. The number of hydrogen-bond acceptors (Lipinski definition) is 5. The van der Waals surface area contributed by atoms with E-state index in [0.29, 0.717) is 24.4 Å². The number of nitrogens with zero attached hydrogens (tertiary/aromatic N) is 1. The maximum absolute atomic E-state index is 12.1. The molecule has 1 aromatic carbocycles. The fraction of sp³-hybridized carbons (Fsp3) is 0.385. The Hall–Kier alpha value is -1.80. The fourth-order valence-electron chi connectivity index (χ4n) is 2.24. The van der Waals surface area contributed by atoms with E-state index >= 15 is 0 Å². The van der Waals surface area contributed by atoms with Crippen molar-refractivity contribution >= 4 is 33.6 Å². The third kappa shape index (κ3) is 3.50. The second-order valence-electron chi connectivity index (χ2n) is 4.74. The maximum Gasteiger partial charge on any atom is 0.332 e. The number of carbonyl (C=O) groups is 2. The second-order valence-corrected chi connectivity index (χ2v) is 6.86. The Morgan fingerprint density at radius 3 is 2.55 bits per heavy atom. The van der Waals surface area contributed by atoms with Gasteiger partial charge in [0.05, 0.1) is 12.0 Å². The summed E-state index contributed by atoms with van der Waals surface area (Å²) in [7, 11) is -2.80. The highest BCUT2D eigenvalue weighted by Gasteiger charge is 2.36. The highest BCUT2D eigenvalue weighted by atomic mass is 35.5. The van der Waals surface area contributed by atoms with E-state index in [2.05, 4.69) is 4.74 Å². The van der Waals surface area contributed by atoms with Gasteiger partial charge in [-0.15, -0.1) is 0 Å². The fourth-order valence-corrected chi connectivity index (χ4v) is 3.32. The van der Waals surface area contributed by atoms with Gasteiger partial charge in [0.15, 0.2) is 0 Å². The Kier molecular flexibility index (Phi) is 4.92. The number of carbonyl (C=O) groups excluding carboxylic acids is 2. The zero-order valence-corrected chi connectivity index (χ0v) is 13.4. The molecular weight excluding hydrogens is 332 g/mol. The normalized spacial score (nSPS) is 18.1. The number of nitrogens with one attached hydrogen (secondary N) is 1. The molecule has 0 aromatic heterocycles. The summed E-state index contributed by atoms with van der Waals surface area (Å²) in [6.07, 6.45) is 1.05. The van der Waals surface area contributed by atoms with Crippen LogP contribution >= 0.6 is 11.6 Å². The molecule has 0 aliphatic carbocycles. The molecule has 2 rings (SSSR count). The summed E-state index contributed by atoms with van der Waals surface area (Å²) in [6.45, 7) is 0.293. The van der Waals surface area contributed by atoms with Gasteiger partial charge in [0.25, 0.3) is 10.0 Å². The van der Waals surface area contributed by atoms with Gasteiger partial charge in [0, 0.05) is 11.6 Å². The second kappa shape index (κ2) is 6.53. The predicted octanol–water partition coefficient (Wildman–Crippen LogP) is 1.38. The maximum atomic E-state index is 12.1. The minimum absolute atomic E-state index is 0.0842. The highest BCUT2D eigenvalue weighted by molar-refractivity contribution is 7.90. The molecule has 1 heterocycles. The number of esters is 1. The molecule has 1 N–H and O–H groups in total. The smallest absolute Gasteiger partial charge is 0.332 e. The molecule has 1 aliphatic heterocycles. The molecule has 22 heavy (non-hydrogen) atoms. The van der Waals surface area contributed by atoms with E-state index in [9.17, 15) is 18.0 Å². The largest absolute Gasteiger partial charge is 0.467 e. The van der Waals surface area contributed by atoms with Crippen molar-refractivity contribution < 1.29 is 22.7 Å². The summed E-state index contributed by atoms with van der Waals surface area (Å²) in [6, 6.07) is 3.80. The van der Waals surface area contributed by atoms with Gasteiger partial charge in [0.2, 0.25) is 0 Å². The van der Waals surface area contributed by atoms with Crippen molar-refractivity contribution in [3.63, 3.8) is 0 Å². The van der Waals surface area contributed by atoms with Gasteiger partial charge in [-0.3, -0.25) is 0 Å². The molecule has 120 valence electrons. The van der Waals surface area contributed by atoms with Gasteiger partial charge in [-0.25, -0.2) is 22.7 Å². The molecule has 1 saturated heterocycles. The van der Waals surface area contributed by atoms with E-state index in [-0.39, 0.29) is 4.90 Å². The number of rotatable bonds is 3. The lowest BCUT2D eigenvalue weighted by atomic mass is 10.2. The van der Waals surface area contributed by atoms with Crippen LogP contribution in [0.1, 0.15) is 12.8 Å². The predicted molar refractivity (Wildman–Crippen MR) is 78.9 cm³/mol. The standard InChI is InChI=1S/C13H15ClN2O5S/c1-21-12(17)11-3-2-8-16(11)13(18)15-22(19,20)10-6-4-9(14)5-7-10/h4-7,11H,2-3,8H2,1H3,(H,15,18)/t11-/m0/s1. The third-order valence-electron chi connectivity index (χ3n) is 3.33. The molecular formula is C13H15ClN2O5S. The molecule has 0 saturated carbocycles. The van der Waals surface area contributed by atoms with E-state index in [0.717, 1.165) is 0 Å². The van der Waals surface area contributed by atoms with Crippen molar-refractivity contribution in [2.75, 3.05) is 13.7 Å². The van der Waals surface area contributed by atoms with Crippen LogP contribution in [0.2, 0.25) is 5.02 Å². The molecule has 1 atom stereocenters. The minimum Gasteiger partial charge on any atom is -0.467 e. The van der Waals surface area contributed by atoms with Crippen molar-refractivity contribution in [2.24, 2.45) is 0 Å². The molecule has 0 bridgehead atoms. The Bertz CT molecular complexity index is 674. The highest BCUT2D eigenvalue weighted by Crippen LogP contribution is 2.19. The average Bonchev–Trinajstić information content (AvgIpc) is 2.96. The first-order chi connectivity index (χ1) is 10.3. The lowest BCUT2D eigenvalue weighted by Crippen LogP contribution is -2.48. The molecule has 1 fully saturated rings. The Morgan fingerprint density at radius 2 is 1.95 bits per heavy atom. The number of methoxy groups -OCH3 is 1. The monoisotopic (exact) mass is 346 g/mol. The van der Waals surface area contributed by atoms with Crippen LogP contribution < -0.4 is 4.72 Å². The summed E-state index contributed by atoms with van der Waals surface area (Å²) < 4.78 is 30.8. The van der Waals surface area contributed by atoms with Crippen LogP contribution in [0.3, 0.4) is 0 Å². The van der Waals surface area contributed by atoms with E-state index in [1.165, 1.54) is 36.3 Å². The van der Waals surface area contributed by atoms with E-state index in [1.807, 2.05) is 4.72 Å². The number of sulfonamides is 1. The first kappa shape index (κ1) is 16.6. The summed E-state index contributed by atoms with van der Waals surface area (Å²) in [4.78, 5) is 24.8. The number of halogens is 1. The van der Waals surface area contributed by atoms with Gasteiger partial charge in [-0.1, -0.05) is 11.6 Å². The SMILES string of the molecule is COC(=O)[C@@H]1CCCN1C(=O)NS(=O)(=O)c1ccc(Cl)cc1. The van der Waals surface area contributed by atoms with E-state index in [1.54, 1.807) is 0 Å². The van der Waals surface area contributed by atoms with Crippen LogP contribution in [-0.2, 0) is 19.6 Å². The minimum atomic E-state index is -4.02. The third-order valence-corrected chi connectivity index (χ3v) is 4.92. The first-order valence-electron chi connectivity index (χ1n) is 6.52. The zero-order chi connectivity index (χ0) is 16.3. The summed E-state index contributed by atoms with van der Waals surface area (Å²) >= 11 is 5.70. The number of hydrogen-bond donors (Lipinski definition) is 1. The topological polar surface area (TPSA) is 92.8 Å². The summed E-state index contributed by atoms with van der Waals surface area (Å²) in [5.74, 6) is -0.559. The van der Waals surface area contributed by atoms with Crippen LogP contribution in [0.4, 0.5) is 4.79 Å². The summed E-state index contributed by atoms with van der Waals surface area (Å²) in [5, 5.41) is 0.385. The van der Waals surface area contributed by atoms with Crippen LogP contribution in [-0.4, -0.2) is 45.0 Å². The van der Waals surface area contributed by atoms with Crippen molar-refractivity contribution in [2.45, 2.75) is 23.8 Å². The van der Waals surface area contributed by atoms with Crippen LogP contribution in [0, 0.1) is 0 Å². The molecule has 2 amide bonds. The molecule has 7 nitrogen and oxygen atoms in total. The van der Waals surface area contributed by atoms with Crippen molar-refractivity contribution in [1.29, 1.82) is 0 Å². The number of ether oxygens (including phenoxy) is 1. The number of likely N-dealkylation sites (tertiary alicyclic amines) is 1. The van der Waals surface area contributed by atoms with Crippen molar-refractivity contribution in [3.05, 3.63) is 29.3 Å². The number of benzene rings is 1. The van der Waals surface area contributed by atoms with Crippen molar-refractivity contribution in [1.82, 2.24) is 9.62 Å². The number of urea groups is 1. The molecule has 0 spiro atoms. The van der Waals surface area contributed by atoms with Crippen LogP contribution in [0.25, 0.3) is 0 Å². The zero-order valence-electron chi connectivity index (χ0n) is 11.8. The Balaban J connectivity index is 2.13.